The normalized spacial score (nSPS) is 18.4. The highest BCUT2D eigenvalue weighted by atomic mass is 19.1. The van der Waals surface area contributed by atoms with Gasteiger partial charge in [0, 0.05) is 13.0 Å². The lowest BCUT2D eigenvalue weighted by Gasteiger charge is -2.27. The van der Waals surface area contributed by atoms with Crippen LogP contribution in [0.1, 0.15) is 54.6 Å². The summed E-state index contributed by atoms with van der Waals surface area (Å²) in [5.41, 5.74) is 3.81. The minimum absolute atomic E-state index is 0.0344. The van der Waals surface area contributed by atoms with E-state index in [9.17, 15) is 14.0 Å². The standard InChI is InChI=1S/C28H35FN6O2/c1-19(2)20-10-12-22(13-11-20)27(21-8-6-5-7-9-21)31-28(37)25-14-23(29)16-34(25)26(36)18-35-24(15-30-32-35)17-33(3)4/h5-13,15,19,23,25,27H,14,16-18H2,1-4H3,(H,31,37)/t23-,25+,27+/m1/s1. The molecule has 4 rings (SSSR count). The number of aromatic nitrogens is 3. The van der Waals surface area contributed by atoms with Crippen molar-refractivity contribution in [3.05, 3.63) is 83.2 Å². The molecular weight excluding hydrogens is 471 g/mol. The number of carbonyl (C=O) groups is 2. The summed E-state index contributed by atoms with van der Waals surface area (Å²) in [6.07, 6.45) is 0.305. The maximum atomic E-state index is 14.6. The van der Waals surface area contributed by atoms with Gasteiger partial charge in [-0.3, -0.25) is 9.59 Å². The van der Waals surface area contributed by atoms with E-state index in [1.807, 2.05) is 61.5 Å². The lowest BCUT2D eigenvalue weighted by molar-refractivity contribution is -0.139. The number of hydrogen-bond acceptors (Lipinski definition) is 5. The Bertz CT molecular complexity index is 1190. The first-order valence-corrected chi connectivity index (χ1v) is 12.6. The molecule has 2 heterocycles. The summed E-state index contributed by atoms with van der Waals surface area (Å²) < 4.78 is 16.1. The van der Waals surface area contributed by atoms with Crippen LogP contribution in [0.5, 0.6) is 0 Å². The number of nitrogens with zero attached hydrogens (tertiary/aromatic N) is 5. The monoisotopic (exact) mass is 506 g/mol. The van der Waals surface area contributed by atoms with Crippen LogP contribution in [0.15, 0.2) is 60.8 Å². The summed E-state index contributed by atoms with van der Waals surface area (Å²) in [6.45, 7) is 4.61. The van der Waals surface area contributed by atoms with E-state index in [1.54, 1.807) is 6.20 Å². The van der Waals surface area contributed by atoms with Gasteiger partial charge in [0.1, 0.15) is 18.8 Å². The van der Waals surface area contributed by atoms with Crippen LogP contribution in [0.2, 0.25) is 0 Å². The fourth-order valence-electron chi connectivity index (χ4n) is 4.70. The van der Waals surface area contributed by atoms with Gasteiger partial charge in [-0.05, 0) is 36.7 Å². The van der Waals surface area contributed by atoms with Crippen molar-refractivity contribution in [1.29, 1.82) is 0 Å². The molecule has 196 valence electrons. The Hall–Kier alpha value is -3.59. The first-order valence-electron chi connectivity index (χ1n) is 12.6. The summed E-state index contributed by atoms with van der Waals surface area (Å²) in [7, 11) is 3.82. The predicted octanol–water partition coefficient (Wildman–Crippen LogP) is 3.31. The van der Waals surface area contributed by atoms with Gasteiger partial charge in [0.15, 0.2) is 0 Å². The average molecular weight is 507 g/mol. The topological polar surface area (TPSA) is 83.4 Å². The zero-order valence-corrected chi connectivity index (χ0v) is 21.8. The molecule has 1 aliphatic heterocycles. The molecule has 1 saturated heterocycles. The third-order valence-electron chi connectivity index (χ3n) is 6.69. The molecule has 0 unspecified atom stereocenters. The van der Waals surface area contributed by atoms with Crippen molar-refractivity contribution in [2.24, 2.45) is 0 Å². The highest BCUT2D eigenvalue weighted by molar-refractivity contribution is 5.89. The van der Waals surface area contributed by atoms with Crippen LogP contribution in [-0.4, -0.2) is 69.5 Å². The lowest BCUT2D eigenvalue weighted by Crippen LogP contribution is -2.48. The Morgan fingerprint density at radius 1 is 1.05 bits per heavy atom. The van der Waals surface area contributed by atoms with Crippen LogP contribution in [0, 0.1) is 0 Å². The van der Waals surface area contributed by atoms with Gasteiger partial charge in [-0.2, -0.15) is 0 Å². The van der Waals surface area contributed by atoms with E-state index in [0.717, 1.165) is 16.8 Å². The smallest absolute Gasteiger partial charge is 0.245 e. The summed E-state index contributed by atoms with van der Waals surface area (Å²) in [4.78, 5) is 30.0. The molecule has 0 saturated carbocycles. The Kier molecular flexibility index (Phi) is 8.33. The molecule has 2 amide bonds. The largest absolute Gasteiger partial charge is 0.343 e. The van der Waals surface area contributed by atoms with Gasteiger partial charge in [-0.1, -0.05) is 73.7 Å². The highest BCUT2D eigenvalue weighted by Crippen LogP contribution is 2.27. The summed E-state index contributed by atoms with van der Waals surface area (Å²) >= 11 is 0. The molecule has 0 aliphatic carbocycles. The van der Waals surface area contributed by atoms with Crippen LogP contribution >= 0.6 is 0 Å². The Morgan fingerprint density at radius 3 is 2.35 bits per heavy atom. The van der Waals surface area contributed by atoms with E-state index in [2.05, 4.69) is 41.6 Å². The number of rotatable bonds is 9. The van der Waals surface area contributed by atoms with Gasteiger partial charge in [0.2, 0.25) is 11.8 Å². The fraction of sp³-hybridized carbons (Fsp3) is 0.429. The molecule has 8 nitrogen and oxygen atoms in total. The van der Waals surface area contributed by atoms with Crippen molar-refractivity contribution >= 4 is 11.8 Å². The molecule has 0 radical (unpaired) electrons. The van der Waals surface area contributed by atoms with E-state index < -0.39 is 18.3 Å². The fourth-order valence-corrected chi connectivity index (χ4v) is 4.70. The molecule has 0 spiro atoms. The molecule has 1 aromatic heterocycles. The van der Waals surface area contributed by atoms with Crippen molar-refractivity contribution in [3.63, 3.8) is 0 Å². The molecule has 1 aliphatic rings. The highest BCUT2D eigenvalue weighted by Gasteiger charge is 2.40. The number of nitrogens with one attached hydrogen (secondary N) is 1. The van der Waals surface area contributed by atoms with Crippen molar-refractivity contribution in [2.75, 3.05) is 20.6 Å². The lowest BCUT2D eigenvalue weighted by atomic mass is 9.95. The minimum atomic E-state index is -1.27. The van der Waals surface area contributed by atoms with Gasteiger partial charge in [0.25, 0.3) is 0 Å². The molecule has 1 fully saturated rings. The number of halogens is 1. The Morgan fingerprint density at radius 2 is 1.70 bits per heavy atom. The van der Waals surface area contributed by atoms with Crippen molar-refractivity contribution < 1.29 is 14.0 Å². The number of alkyl halides is 1. The van der Waals surface area contributed by atoms with Gasteiger partial charge in [-0.15, -0.1) is 5.10 Å². The van der Waals surface area contributed by atoms with Crippen LogP contribution in [0.25, 0.3) is 0 Å². The SMILES string of the molecule is CC(C)c1ccc([C@@H](NC(=O)[C@@H]2C[C@@H](F)CN2C(=O)Cn2nncc2CN(C)C)c2ccccc2)cc1. The van der Waals surface area contributed by atoms with Gasteiger partial charge < -0.3 is 15.1 Å². The zero-order chi connectivity index (χ0) is 26.5. The predicted molar refractivity (Wildman–Crippen MR) is 139 cm³/mol. The molecular formula is C28H35FN6O2. The third-order valence-corrected chi connectivity index (χ3v) is 6.69. The van der Waals surface area contributed by atoms with Gasteiger partial charge in [0.05, 0.1) is 24.5 Å². The average Bonchev–Trinajstić information content (AvgIpc) is 3.48. The maximum Gasteiger partial charge on any atom is 0.245 e. The second kappa shape index (κ2) is 11.6. The minimum Gasteiger partial charge on any atom is -0.343 e. The van der Waals surface area contributed by atoms with Crippen molar-refractivity contribution in [1.82, 2.24) is 30.1 Å². The summed E-state index contributed by atoms with van der Waals surface area (Å²) in [5, 5.41) is 11.0. The number of benzene rings is 2. The molecule has 1 N–H and O–H groups in total. The van der Waals surface area contributed by atoms with E-state index in [-0.39, 0.29) is 31.3 Å². The van der Waals surface area contributed by atoms with E-state index in [0.29, 0.717) is 12.5 Å². The summed E-state index contributed by atoms with van der Waals surface area (Å²) in [6, 6.07) is 16.5. The molecule has 2 aromatic carbocycles. The quantitative estimate of drug-likeness (QED) is 0.482. The summed E-state index contributed by atoms with van der Waals surface area (Å²) in [5.74, 6) is -0.340. The van der Waals surface area contributed by atoms with Crippen molar-refractivity contribution in [3.8, 4) is 0 Å². The molecule has 3 atom stereocenters. The Labute approximate surface area is 217 Å². The second-order valence-electron chi connectivity index (χ2n) is 10.2. The maximum absolute atomic E-state index is 14.6. The first-order chi connectivity index (χ1) is 17.7. The first kappa shape index (κ1) is 26.5. The van der Waals surface area contributed by atoms with Gasteiger partial charge in [-0.25, -0.2) is 9.07 Å². The van der Waals surface area contributed by atoms with Crippen LogP contribution in [0.4, 0.5) is 4.39 Å². The van der Waals surface area contributed by atoms with Crippen LogP contribution in [0.3, 0.4) is 0 Å². The zero-order valence-electron chi connectivity index (χ0n) is 21.8. The second-order valence-corrected chi connectivity index (χ2v) is 10.2. The molecule has 37 heavy (non-hydrogen) atoms. The van der Waals surface area contributed by atoms with E-state index >= 15 is 0 Å². The van der Waals surface area contributed by atoms with Crippen LogP contribution < -0.4 is 5.32 Å². The Balaban J connectivity index is 1.54. The van der Waals surface area contributed by atoms with E-state index in [1.165, 1.54) is 15.1 Å². The number of amides is 2. The number of likely N-dealkylation sites (tertiary alicyclic amines) is 1. The molecule has 3 aromatic rings. The third kappa shape index (κ3) is 6.40. The number of hydrogen-bond donors (Lipinski definition) is 1. The van der Waals surface area contributed by atoms with Crippen LogP contribution in [-0.2, 0) is 22.7 Å². The molecule has 9 heteroatoms. The van der Waals surface area contributed by atoms with E-state index in [4.69, 9.17) is 0 Å². The number of carbonyl (C=O) groups excluding carboxylic acids is 2. The van der Waals surface area contributed by atoms with Gasteiger partial charge >= 0.3 is 0 Å². The van der Waals surface area contributed by atoms with Crippen molar-refractivity contribution in [2.45, 2.75) is 57.5 Å². The molecule has 0 bridgehead atoms.